The Bertz CT molecular complexity index is 1090. The molecule has 27 heavy (non-hydrogen) atoms. The SMILES string of the molecule is Cn1cc(-c2ccc(Cl)s2)c([C@H](O)c2cccnc2)c1-c1ccccc1Cl. The third-order valence-corrected chi connectivity index (χ3v) is 6.06. The highest BCUT2D eigenvalue weighted by atomic mass is 35.5. The molecule has 4 aromatic rings. The summed E-state index contributed by atoms with van der Waals surface area (Å²) in [6.07, 6.45) is 4.53. The van der Waals surface area contributed by atoms with E-state index < -0.39 is 6.10 Å². The lowest BCUT2D eigenvalue weighted by Crippen LogP contribution is -2.04. The topological polar surface area (TPSA) is 38.0 Å². The zero-order chi connectivity index (χ0) is 19.0. The number of hydrogen-bond acceptors (Lipinski definition) is 3. The van der Waals surface area contributed by atoms with Crippen LogP contribution in [0.3, 0.4) is 0 Å². The second-order valence-electron chi connectivity index (χ2n) is 6.19. The van der Waals surface area contributed by atoms with Crippen LogP contribution in [0.1, 0.15) is 17.2 Å². The van der Waals surface area contributed by atoms with Crippen molar-refractivity contribution in [3.63, 3.8) is 0 Å². The van der Waals surface area contributed by atoms with Crippen molar-refractivity contribution in [2.75, 3.05) is 0 Å². The summed E-state index contributed by atoms with van der Waals surface area (Å²) < 4.78 is 2.70. The van der Waals surface area contributed by atoms with E-state index in [2.05, 4.69) is 4.98 Å². The van der Waals surface area contributed by atoms with E-state index >= 15 is 0 Å². The smallest absolute Gasteiger partial charge is 0.108 e. The zero-order valence-electron chi connectivity index (χ0n) is 14.4. The number of halogens is 2. The van der Waals surface area contributed by atoms with Crippen molar-refractivity contribution in [3.05, 3.63) is 87.6 Å². The van der Waals surface area contributed by atoms with Gasteiger partial charge in [-0.1, -0.05) is 47.5 Å². The first-order valence-corrected chi connectivity index (χ1v) is 9.91. The van der Waals surface area contributed by atoms with Gasteiger partial charge in [0, 0.05) is 57.8 Å². The maximum atomic E-state index is 11.3. The first-order chi connectivity index (χ1) is 13.1. The maximum Gasteiger partial charge on any atom is 0.108 e. The fraction of sp³-hybridized carbons (Fsp3) is 0.0952. The summed E-state index contributed by atoms with van der Waals surface area (Å²) in [6.45, 7) is 0. The van der Waals surface area contributed by atoms with Gasteiger partial charge in [0.05, 0.1) is 10.0 Å². The molecule has 0 radical (unpaired) electrons. The van der Waals surface area contributed by atoms with Gasteiger partial charge in [-0.25, -0.2) is 0 Å². The number of nitrogens with zero attached hydrogens (tertiary/aromatic N) is 2. The molecule has 1 aromatic carbocycles. The average Bonchev–Trinajstić information content (AvgIpc) is 3.25. The van der Waals surface area contributed by atoms with Gasteiger partial charge in [0.2, 0.25) is 0 Å². The number of aromatic nitrogens is 2. The molecule has 0 bridgehead atoms. The van der Waals surface area contributed by atoms with E-state index in [0.29, 0.717) is 9.36 Å². The molecule has 0 fully saturated rings. The van der Waals surface area contributed by atoms with E-state index in [0.717, 1.165) is 32.8 Å². The summed E-state index contributed by atoms with van der Waals surface area (Å²) in [5.41, 5.74) is 4.18. The Hall–Kier alpha value is -2.11. The molecule has 0 unspecified atom stereocenters. The second-order valence-corrected chi connectivity index (χ2v) is 8.31. The average molecular weight is 415 g/mol. The Kier molecular flexibility index (Phi) is 5.06. The number of thiophene rings is 1. The van der Waals surface area contributed by atoms with E-state index in [1.165, 1.54) is 11.3 Å². The largest absolute Gasteiger partial charge is 0.383 e. The van der Waals surface area contributed by atoms with Crippen LogP contribution in [0.25, 0.3) is 21.7 Å². The number of rotatable bonds is 4. The number of aliphatic hydroxyl groups is 1. The molecule has 0 saturated heterocycles. The fourth-order valence-corrected chi connectivity index (χ4v) is 4.56. The molecule has 3 heterocycles. The number of hydrogen-bond donors (Lipinski definition) is 1. The summed E-state index contributed by atoms with van der Waals surface area (Å²) in [7, 11) is 1.96. The Balaban J connectivity index is 1.99. The molecule has 0 spiro atoms. The van der Waals surface area contributed by atoms with Crippen LogP contribution in [-0.2, 0) is 7.05 Å². The van der Waals surface area contributed by atoms with Crippen LogP contribution in [0, 0.1) is 0 Å². The maximum absolute atomic E-state index is 11.3. The first kappa shape index (κ1) is 18.3. The molecular weight excluding hydrogens is 399 g/mol. The molecule has 3 nitrogen and oxygen atoms in total. The predicted octanol–water partition coefficient (Wildman–Crippen LogP) is 6.20. The van der Waals surface area contributed by atoms with E-state index in [1.54, 1.807) is 12.4 Å². The highest BCUT2D eigenvalue weighted by Crippen LogP contribution is 2.44. The van der Waals surface area contributed by atoms with Gasteiger partial charge in [0.25, 0.3) is 0 Å². The highest BCUT2D eigenvalue weighted by Gasteiger charge is 2.26. The van der Waals surface area contributed by atoms with Crippen molar-refractivity contribution < 1.29 is 5.11 Å². The first-order valence-electron chi connectivity index (χ1n) is 8.34. The summed E-state index contributed by atoms with van der Waals surface area (Å²) in [6, 6.07) is 15.2. The minimum Gasteiger partial charge on any atom is -0.383 e. The Morgan fingerprint density at radius 2 is 1.85 bits per heavy atom. The number of aliphatic hydroxyl groups excluding tert-OH is 1. The lowest BCUT2D eigenvalue weighted by atomic mass is 9.95. The van der Waals surface area contributed by atoms with Crippen LogP contribution in [0.2, 0.25) is 9.36 Å². The van der Waals surface area contributed by atoms with Gasteiger partial charge in [-0.15, -0.1) is 11.3 Å². The van der Waals surface area contributed by atoms with E-state index in [4.69, 9.17) is 23.2 Å². The molecule has 4 rings (SSSR count). The predicted molar refractivity (Wildman–Crippen MR) is 112 cm³/mol. The lowest BCUT2D eigenvalue weighted by molar-refractivity contribution is 0.221. The Labute approximate surface area is 171 Å². The number of pyridine rings is 1. The molecule has 0 aliphatic heterocycles. The third kappa shape index (κ3) is 3.42. The van der Waals surface area contributed by atoms with Gasteiger partial charge < -0.3 is 9.67 Å². The van der Waals surface area contributed by atoms with Crippen molar-refractivity contribution >= 4 is 34.5 Å². The van der Waals surface area contributed by atoms with Gasteiger partial charge in [-0.3, -0.25) is 4.98 Å². The molecule has 136 valence electrons. The van der Waals surface area contributed by atoms with Crippen molar-refractivity contribution in [1.82, 2.24) is 9.55 Å². The Morgan fingerprint density at radius 1 is 1.04 bits per heavy atom. The summed E-state index contributed by atoms with van der Waals surface area (Å²) in [5, 5.41) is 11.9. The lowest BCUT2D eigenvalue weighted by Gasteiger charge is -2.16. The highest BCUT2D eigenvalue weighted by molar-refractivity contribution is 7.19. The van der Waals surface area contributed by atoms with Crippen molar-refractivity contribution in [1.29, 1.82) is 0 Å². The van der Waals surface area contributed by atoms with E-state index in [-0.39, 0.29) is 0 Å². The number of benzene rings is 1. The molecule has 0 aliphatic rings. The third-order valence-electron chi connectivity index (χ3n) is 4.46. The van der Waals surface area contributed by atoms with Crippen LogP contribution in [-0.4, -0.2) is 14.7 Å². The fourth-order valence-electron chi connectivity index (χ4n) is 3.27. The van der Waals surface area contributed by atoms with Gasteiger partial charge in [-0.05, 0) is 24.3 Å². The minimum atomic E-state index is -0.845. The molecule has 0 amide bonds. The molecule has 1 N–H and O–H groups in total. The summed E-state index contributed by atoms with van der Waals surface area (Å²) in [5.74, 6) is 0. The monoisotopic (exact) mass is 414 g/mol. The second kappa shape index (κ2) is 7.49. The van der Waals surface area contributed by atoms with Gasteiger partial charge >= 0.3 is 0 Å². The molecule has 1 atom stereocenters. The molecular formula is C21H16Cl2N2OS. The summed E-state index contributed by atoms with van der Waals surface area (Å²) in [4.78, 5) is 5.15. The van der Waals surface area contributed by atoms with Crippen LogP contribution in [0.15, 0.2) is 67.1 Å². The van der Waals surface area contributed by atoms with Crippen LogP contribution < -0.4 is 0 Å². The van der Waals surface area contributed by atoms with Crippen LogP contribution in [0.5, 0.6) is 0 Å². The van der Waals surface area contributed by atoms with Gasteiger partial charge in [-0.2, -0.15) is 0 Å². The quantitative estimate of drug-likeness (QED) is 0.431. The standard InChI is InChI=1S/C21H16Cl2N2OS/c1-25-12-15(17-8-9-18(23)27-17)19(21(26)13-5-4-10-24-11-13)20(25)14-6-2-3-7-16(14)22/h2-12,21,26H,1H3/t21-/m1/s1. The van der Waals surface area contributed by atoms with Gasteiger partial charge in [0.15, 0.2) is 0 Å². The van der Waals surface area contributed by atoms with Crippen molar-refractivity contribution in [2.24, 2.45) is 7.05 Å². The van der Waals surface area contributed by atoms with Crippen molar-refractivity contribution in [3.8, 4) is 21.7 Å². The molecule has 0 aliphatic carbocycles. The molecule has 3 aromatic heterocycles. The van der Waals surface area contributed by atoms with Gasteiger partial charge in [0.1, 0.15) is 6.10 Å². The minimum absolute atomic E-state index is 0.633. The van der Waals surface area contributed by atoms with Crippen LogP contribution >= 0.6 is 34.5 Å². The van der Waals surface area contributed by atoms with Crippen LogP contribution in [0.4, 0.5) is 0 Å². The molecule has 6 heteroatoms. The molecule has 0 saturated carbocycles. The number of aryl methyl sites for hydroxylation is 1. The van der Waals surface area contributed by atoms with Crippen molar-refractivity contribution in [2.45, 2.75) is 6.10 Å². The van der Waals surface area contributed by atoms with E-state index in [1.807, 2.05) is 66.3 Å². The summed E-state index contributed by atoms with van der Waals surface area (Å²) >= 11 is 14.1. The van der Waals surface area contributed by atoms with E-state index in [9.17, 15) is 5.11 Å². The Morgan fingerprint density at radius 3 is 2.52 bits per heavy atom. The zero-order valence-corrected chi connectivity index (χ0v) is 16.8. The normalized spacial score (nSPS) is 12.3.